The van der Waals surface area contributed by atoms with Gasteiger partial charge in [-0.25, -0.2) is 4.39 Å². The van der Waals surface area contributed by atoms with Crippen LogP contribution in [-0.2, 0) is 0 Å². The predicted octanol–water partition coefficient (Wildman–Crippen LogP) is 6.45. The van der Waals surface area contributed by atoms with Gasteiger partial charge in [-0.3, -0.25) is 9.98 Å². The number of benzene rings is 2. The highest BCUT2D eigenvalue weighted by molar-refractivity contribution is 6.15. The lowest BCUT2D eigenvalue weighted by atomic mass is 9.94. The standard InChI is InChI=1S/C24H18F4N2O/c25-22-9-8-16(12-18-5-3-11-30-23(18)19-6-2-10-29-15-19)13-21(22)17-4-1-7-20(14-17)31-24(26,27)28/h1-2,4,6-10,12-15H,3,5,11H2. The molecule has 0 amide bonds. The molecule has 0 spiro atoms. The number of ether oxygens (including phenoxy) is 1. The molecule has 0 fully saturated rings. The molecule has 4 rings (SSSR count). The number of hydrogen-bond acceptors (Lipinski definition) is 3. The van der Waals surface area contributed by atoms with Crippen molar-refractivity contribution < 1.29 is 22.3 Å². The fraction of sp³-hybridized carbons (Fsp3) is 0.167. The first-order valence-corrected chi connectivity index (χ1v) is 9.70. The average molecular weight is 426 g/mol. The molecule has 2 aromatic carbocycles. The van der Waals surface area contributed by atoms with Crippen molar-refractivity contribution in [2.45, 2.75) is 19.2 Å². The van der Waals surface area contributed by atoms with Gasteiger partial charge in [0, 0.05) is 30.1 Å². The minimum atomic E-state index is -4.81. The van der Waals surface area contributed by atoms with Gasteiger partial charge in [0.2, 0.25) is 0 Å². The Kier molecular flexibility index (Phi) is 5.84. The molecular formula is C24H18F4N2O. The van der Waals surface area contributed by atoms with E-state index in [0.717, 1.165) is 41.8 Å². The van der Waals surface area contributed by atoms with Gasteiger partial charge in [0.05, 0.1) is 5.71 Å². The predicted molar refractivity (Wildman–Crippen MR) is 111 cm³/mol. The Hall–Kier alpha value is -3.48. The van der Waals surface area contributed by atoms with Gasteiger partial charge >= 0.3 is 6.36 Å². The Bertz CT molecular complexity index is 1140. The van der Waals surface area contributed by atoms with Gasteiger partial charge in [-0.05, 0) is 72.0 Å². The van der Waals surface area contributed by atoms with Gasteiger partial charge in [0.15, 0.2) is 0 Å². The van der Waals surface area contributed by atoms with Gasteiger partial charge in [-0.15, -0.1) is 13.2 Å². The molecule has 1 aliphatic heterocycles. The van der Waals surface area contributed by atoms with Crippen molar-refractivity contribution in [3.05, 3.63) is 89.5 Å². The summed E-state index contributed by atoms with van der Waals surface area (Å²) < 4.78 is 56.1. The van der Waals surface area contributed by atoms with Crippen LogP contribution in [-0.4, -0.2) is 23.6 Å². The summed E-state index contributed by atoms with van der Waals surface area (Å²) in [7, 11) is 0. The number of rotatable bonds is 4. The monoisotopic (exact) mass is 426 g/mol. The molecule has 7 heteroatoms. The normalized spacial score (nSPS) is 15.6. The number of aromatic nitrogens is 1. The van der Waals surface area contributed by atoms with Crippen molar-refractivity contribution in [1.82, 2.24) is 4.98 Å². The minimum absolute atomic E-state index is 0.192. The van der Waals surface area contributed by atoms with Gasteiger partial charge in [-0.1, -0.05) is 18.2 Å². The Balaban J connectivity index is 1.69. The second kappa shape index (κ2) is 8.71. The Morgan fingerprint density at radius 3 is 2.58 bits per heavy atom. The maximum absolute atomic E-state index is 14.5. The molecule has 0 saturated heterocycles. The number of aliphatic imine (C=N–C) groups is 1. The first-order chi connectivity index (χ1) is 14.9. The van der Waals surface area contributed by atoms with E-state index in [1.165, 1.54) is 24.3 Å². The Morgan fingerprint density at radius 2 is 1.81 bits per heavy atom. The summed E-state index contributed by atoms with van der Waals surface area (Å²) in [6.45, 7) is 0.724. The topological polar surface area (TPSA) is 34.5 Å². The molecule has 0 atom stereocenters. The van der Waals surface area contributed by atoms with Crippen LogP contribution in [0.15, 0.2) is 77.6 Å². The van der Waals surface area contributed by atoms with Crippen LogP contribution in [0.25, 0.3) is 17.2 Å². The molecule has 2 heterocycles. The quantitative estimate of drug-likeness (QED) is 0.449. The van der Waals surface area contributed by atoms with Crippen molar-refractivity contribution in [1.29, 1.82) is 0 Å². The molecular weight excluding hydrogens is 408 g/mol. The number of alkyl halides is 3. The van der Waals surface area contributed by atoms with Crippen LogP contribution in [0.2, 0.25) is 0 Å². The van der Waals surface area contributed by atoms with E-state index in [0.29, 0.717) is 5.56 Å². The van der Waals surface area contributed by atoms with Gasteiger partial charge in [-0.2, -0.15) is 0 Å². The second-order valence-electron chi connectivity index (χ2n) is 7.06. The molecule has 1 aromatic heterocycles. The lowest BCUT2D eigenvalue weighted by molar-refractivity contribution is -0.274. The highest BCUT2D eigenvalue weighted by Crippen LogP contribution is 2.31. The molecule has 0 N–H and O–H groups in total. The number of nitrogens with zero attached hydrogens (tertiary/aromatic N) is 2. The fourth-order valence-corrected chi connectivity index (χ4v) is 3.52. The largest absolute Gasteiger partial charge is 0.573 e. The van der Waals surface area contributed by atoms with Crippen molar-refractivity contribution >= 4 is 11.8 Å². The zero-order valence-electron chi connectivity index (χ0n) is 16.4. The maximum atomic E-state index is 14.5. The summed E-state index contributed by atoms with van der Waals surface area (Å²) in [6.07, 6.45) is 2.28. The van der Waals surface area contributed by atoms with Crippen LogP contribution in [0.1, 0.15) is 24.0 Å². The molecule has 0 saturated carbocycles. The van der Waals surface area contributed by atoms with Crippen molar-refractivity contribution in [3.63, 3.8) is 0 Å². The third-order valence-electron chi connectivity index (χ3n) is 4.82. The summed E-state index contributed by atoms with van der Waals surface area (Å²) in [6, 6.07) is 13.6. The molecule has 0 aliphatic carbocycles. The summed E-state index contributed by atoms with van der Waals surface area (Å²) in [5.74, 6) is -0.928. The van der Waals surface area contributed by atoms with Crippen molar-refractivity contribution in [2.24, 2.45) is 4.99 Å². The lowest BCUT2D eigenvalue weighted by Crippen LogP contribution is -2.17. The van der Waals surface area contributed by atoms with Crippen LogP contribution in [0.5, 0.6) is 5.75 Å². The summed E-state index contributed by atoms with van der Waals surface area (Å²) in [5.41, 5.74) is 3.98. The fourth-order valence-electron chi connectivity index (χ4n) is 3.52. The van der Waals surface area contributed by atoms with E-state index < -0.39 is 17.9 Å². The van der Waals surface area contributed by atoms with Gasteiger partial charge < -0.3 is 4.74 Å². The van der Waals surface area contributed by atoms with Crippen LogP contribution < -0.4 is 4.74 Å². The van der Waals surface area contributed by atoms with Crippen LogP contribution in [0.4, 0.5) is 17.6 Å². The van der Waals surface area contributed by atoms with E-state index in [1.807, 2.05) is 18.2 Å². The lowest BCUT2D eigenvalue weighted by Gasteiger charge is -2.16. The molecule has 0 unspecified atom stereocenters. The highest BCUT2D eigenvalue weighted by Gasteiger charge is 2.31. The second-order valence-corrected chi connectivity index (χ2v) is 7.06. The zero-order chi connectivity index (χ0) is 21.8. The molecule has 0 radical (unpaired) electrons. The van der Waals surface area contributed by atoms with E-state index in [4.69, 9.17) is 0 Å². The molecule has 3 aromatic rings. The van der Waals surface area contributed by atoms with Crippen molar-refractivity contribution in [2.75, 3.05) is 6.54 Å². The van der Waals surface area contributed by atoms with E-state index in [2.05, 4.69) is 14.7 Å². The number of pyridine rings is 1. The Morgan fingerprint density at radius 1 is 0.968 bits per heavy atom. The molecule has 31 heavy (non-hydrogen) atoms. The number of allylic oxidation sites excluding steroid dienone is 1. The zero-order valence-corrected chi connectivity index (χ0v) is 16.4. The smallest absolute Gasteiger partial charge is 0.406 e. The summed E-state index contributed by atoms with van der Waals surface area (Å²) in [5, 5.41) is 0. The number of halogens is 4. The Labute approximate surface area is 176 Å². The van der Waals surface area contributed by atoms with E-state index in [1.54, 1.807) is 30.6 Å². The molecule has 158 valence electrons. The van der Waals surface area contributed by atoms with Crippen LogP contribution >= 0.6 is 0 Å². The van der Waals surface area contributed by atoms with Crippen LogP contribution in [0.3, 0.4) is 0 Å². The summed E-state index contributed by atoms with van der Waals surface area (Å²) in [4.78, 5) is 8.78. The highest BCUT2D eigenvalue weighted by atomic mass is 19.4. The molecule has 3 nitrogen and oxygen atoms in total. The maximum Gasteiger partial charge on any atom is 0.573 e. The first kappa shape index (κ1) is 20.8. The minimum Gasteiger partial charge on any atom is -0.406 e. The van der Waals surface area contributed by atoms with Crippen molar-refractivity contribution in [3.8, 4) is 16.9 Å². The average Bonchev–Trinajstić information content (AvgIpc) is 2.75. The van der Waals surface area contributed by atoms with Gasteiger partial charge in [0.25, 0.3) is 0 Å². The SMILES string of the molecule is Fc1ccc(C=C2CCCN=C2c2cccnc2)cc1-c1cccc(OC(F)(F)F)c1. The van der Waals surface area contributed by atoms with E-state index in [-0.39, 0.29) is 5.56 Å². The van der Waals surface area contributed by atoms with E-state index >= 15 is 0 Å². The summed E-state index contributed by atoms with van der Waals surface area (Å²) >= 11 is 0. The number of hydrogen-bond donors (Lipinski definition) is 0. The van der Waals surface area contributed by atoms with Gasteiger partial charge in [0.1, 0.15) is 11.6 Å². The first-order valence-electron chi connectivity index (χ1n) is 9.70. The molecule has 0 bridgehead atoms. The third-order valence-corrected chi connectivity index (χ3v) is 4.82. The third kappa shape index (κ3) is 5.17. The van der Waals surface area contributed by atoms with E-state index in [9.17, 15) is 17.6 Å². The molecule has 1 aliphatic rings. The van der Waals surface area contributed by atoms with Crippen LogP contribution in [0, 0.1) is 5.82 Å².